The standard InChI is InChI=1S/C22H21FN2O3S/c1-2-3-13-28-20(26)15-29-22-24-19(14-16-7-5-4-6-8-16)21(27)25(22)18-11-9-17(23)10-12-18/h4-12,14H,2-3,13,15H2,1H3/b19-14-. The van der Waals surface area contributed by atoms with Gasteiger partial charge in [0.05, 0.1) is 18.0 Å². The Morgan fingerprint density at radius 1 is 1.17 bits per heavy atom. The van der Waals surface area contributed by atoms with Crippen molar-refractivity contribution in [2.45, 2.75) is 19.8 Å². The van der Waals surface area contributed by atoms with Gasteiger partial charge in [0.2, 0.25) is 0 Å². The monoisotopic (exact) mass is 412 g/mol. The average molecular weight is 412 g/mol. The third kappa shape index (κ3) is 5.54. The molecule has 0 radical (unpaired) electrons. The summed E-state index contributed by atoms with van der Waals surface area (Å²) in [6.07, 6.45) is 3.43. The van der Waals surface area contributed by atoms with Gasteiger partial charge in [-0.2, -0.15) is 0 Å². The minimum Gasteiger partial charge on any atom is -0.465 e. The summed E-state index contributed by atoms with van der Waals surface area (Å²) in [5, 5.41) is 0.358. The first-order chi connectivity index (χ1) is 14.1. The lowest BCUT2D eigenvalue weighted by atomic mass is 10.2. The Bertz CT molecular complexity index is 927. The van der Waals surface area contributed by atoms with Crippen LogP contribution < -0.4 is 4.90 Å². The average Bonchev–Trinajstić information content (AvgIpc) is 3.03. The molecule has 2 aromatic rings. The maximum absolute atomic E-state index is 13.3. The number of esters is 1. The number of carbonyl (C=O) groups excluding carboxylic acids is 2. The van der Waals surface area contributed by atoms with Crippen molar-refractivity contribution in [3.8, 4) is 0 Å². The number of rotatable bonds is 7. The van der Waals surface area contributed by atoms with Gasteiger partial charge in [-0.05, 0) is 42.3 Å². The molecule has 150 valence electrons. The fraction of sp³-hybridized carbons (Fsp3) is 0.227. The number of ether oxygens (including phenoxy) is 1. The molecule has 7 heteroatoms. The number of hydrogen-bond donors (Lipinski definition) is 0. The molecule has 1 amide bonds. The predicted octanol–water partition coefficient (Wildman–Crippen LogP) is 4.65. The quantitative estimate of drug-likeness (QED) is 0.377. The molecule has 0 unspecified atom stereocenters. The van der Waals surface area contributed by atoms with Crippen molar-refractivity contribution in [1.29, 1.82) is 0 Å². The van der Waals surface area contributed by atoms with Gasteiger partial charge in [-0.3, -0.25) is 14.5 Å². The number of amides is 1. The highest BCUT2D eigenvalue weighted by molar-refractivity contribution is 8.14. The number of halogens is 1. The van der Waals surface area contributed by atoms with Crippen molar-refractivity contribution in [2.24, 2.45) is 4.99 Å². The van der Waals surface area contributed by atoms with Crippen LogP contribution in [0.2, 0.25) is 0 Å². The van der Waals surface area contributed by atoms with Crippen LogP contribution in [0.4, 0.5) is 10.1 Å². The number of amidine groups is 1. The van der Waals surface area contributed by atoms with Crippen molar-refractivity contribution in [3.63, 3.8) is 0 Å². The Morgan fingerprint density at radius 3 is 2.59 bits per heavy atom. The second-order valence-electron chi connectivity index (χ2n) is 6.31. The van der Waals surface area contributed by atoms with E-state index < -0.39 is 5.82 Å². The zero-order chi connectivity index (χ0) is 20.6. The molecule has 1 aliphatic heterocycles. The van der Waals surface area contributed by atoms with E-state index >= 15 is 0 Å². The van der Waals surface area contributed by atoms with E-state index in [0.717, 1.165) is 30.2 Å². The minimum atomic E-state index is -0.397. The van der Waals surface area contributed by atoms with E-state index in [2.05, 4.69) is 4.99 Å². The molecule has 3 rings (SSSR count). The van der Waals surface area contributed by atoms with Gasteiger partial charge < -0.3 is 4.74 Å². The highest BCUT2D eigenvalue weighted by Gasteiger charge is 2.32. The summed E-state index contributed by atoms with van der Waals surface area (Å²) in [5.41, 5.74) is 1.57. The maximum Gasteiger partial charge on any atom is 0.316 e. The summed E-state index contributed by atoms with van der Waals surface area (Å²) in [6, 6.07) is 14.9. The minimum absolute atomic E-state index is 0.0339. The molecule has 0 N–H and O–H groups in total. The van der Waals surface area contributed by atoms with Crippen LogP contribution >= 0.6 is 11.8 Å². The molecule has 0 saturated heterocycles. The second kappa shape index (κ2) is 10.0. The lowest BCUT2D eigenvalue weighted by Crippen LogP contribution is -2.31. The zero-order valence-corrected chi connectivity index (χ0v) is 16.8. The van der Waals surface area contributed by atoms with Gasteiger partial charge >= 0.3 is 5.97 Å². The van der Waals surface area contributed by atoms with Gasteiger partial charge in [0, 0.05) is 0 Å². The van der Waals surface area contributed by atoms with Gasteiger partial charge in [0.1, 0.15) is 11.5 Å². The smallest absolute Gasteiger partial charge is 0.316 e. The van der Waals surface area contributed by atoms with Crippen molar-refractivity contribution in [3.05, 3.63) is 71.7 Å². The van der Waals surface area contributed by atoms with Crippen LogP contribution in [0.15, 0.2) is 65.3 Å². The second-order valence-corrected chi connectivity index (χ2v) is 7.26. The Labute approximate surface area is 173 Å². The summed E-state index contributed by atoms with van der Waals surface area (Å²) in [5.74, 6) is -1.06. The molecule has 0 fully saturated rings. The fourth-order valence-electron chi connectivity index (χ4n) is 2.61. The molecule has 0 saturated carbocycles. The molecular weight excluding hydrogens is 391 g/mol. The Kier molecular flexibility index (Phi) is 7.19. The van der Waals surface area contributed by atoms with Gasteiger partial charge in [-0.25, -0.2) is 9.38 Å². The molecule has 2 aromatic carbocycles. The predicted molar refractivity (Wildman–Crippen MR) is 114 cm³/mol. The normalized spacial score (nSPS) is 15.0. The fourth-order valence-corrected chi connectivity index (χ4v) is 3.42. The van der Waals surface area contributed by atoms with Crippen LogP contribution in [-0.4, -0.2) is 29.4 Å². The van der Waals surface area contributed by atoms with E-state index in [9.17, 15) is 14.0 Å². The zero-order valence-electron chi connectivity index (χ0n) is 16.0. The molecule has 0 atom stereocenters. The largest absolute Gasteiger partial charge is 0.465 e. The van der Waals surface area contributed by atoms with Gasteiger partial charge in [-0.15, -0.1) is 0 Å². The van der Waals surface area contributed by atoms with Gasteiger partial charge in [0.15, 0.2) is 5.17 Å². The summed E-state index contributed by atoms with van der Waals surface area (Å²) in [6.45, 7) is 2.39. The van der Waals surface area contributed by atoms with Crippen LogP contribution in [0, 0.1) is 5.82 Å². The molecule has 0 spiro atoms. The molecule has 1 aliphatic rings. The highest BCUT2D eigenvalue weighted by atomic mass is 32.2. The van der Waals surface area contributed by atoms with Crippen molar-refractivity contribution >= 4 is 40.6 Å². The van der Waals surface area contributed by atoms with Crippen molar-refractivity contribution in [1.82, 2.24) is 0 Å². The summed E-state index contributed by atoms with van der Waals surface area (Å²) in [7, 11) is 0. The first-order valence-corrected chi connectivity index (χ1v) is 10.3. The van der Waals surface area contributed by atoms with Crippen molar-refractivity contribution in [2.75, 3.05) is 17.3 Å². The molecule has 0 bridgehead atoms. The van der Waals surface area contributed by atoms with Crippen LogP contribution in [0.3, 0.4) is 0 Å². The summed E-state index contributed by atoms with van der Waals surface area (Å²) >= 11 is 1.12. The number of unbranched alkanes of at least 4 members (excludes halogenated alkanes) is 1. The Balaban J connectivity index is 1.82. The van der Waals surface area contributed by atoms with E-state index in [1.807, 2.05) is 37.3 Å². The number of thioether (sulfide) groups is 1. The molecule has 0 aliphatic carbocycles. The SMILES string of the molecule is CCCCOC(=O)CSC1=N/C(=C\c2ccccc2)C(=O)N1c1ccc(F)cc1. The third-order valence-electron chi connectivity index (χ3n) is 4.10. The third-order valence-corrected chi connectivity index (χ3v) is 5.01. The van der Waals surface area contributed by atoms with Crippen LogP contribution in [-0.2, 0) is 14.3 Å². The first-order valence-electron chi connectivity index (χ1n) is 9.32. The topological polar surface area (TPSA) is 59.0 Å². The molecule has 0 aromatic heterocycles. The van der Waals surface area contributed by atoms with Crippen LogP contribution in [0.25, 0.3) is 6.08 Å². The summed E-state index contributed by atoms with van der Waals surface area (Å²) < 4.78 is 18.5. The number of benzene rings is 2. The molecule has 5 nitrogen and oxygen atoms in total. The Morgan fingerprint density at radius 2 is 1.90 bits per heavy atom. The highest BCUT2D eigenvalue weighted by Crippen LogP contribution is 2.29. The Hall–Kier alpha value is -2.93. The molecule has 1 heterocycles. The number of hydrogen-bond acceptors (Lipinski definition) is 5. The number of carbonyl (C=O) groups is 2. The van der Waals surface area contributed by atoms with E-state index in [0.29, 0.717) is 17.5 Å². The van der Waals surface area contributed by atoms with Crippen LogP contribution in [0.1, 0.15) is 25.3 Å². The lowest BCUT2D eigenvalue weighted by Gasteiger charge is -2.17. The van der Waals surface area contributed by atoms with Crippen molar-refractivity contribution < 1.29 is 18.7 Å². The van der Waals surface area contributed by atoms with Gasteiger partial charge in [0.25, 0.3) is 5.91 Å². The van der Waals surface area contributed by atoms with Gasteiger partial charge in [-0.1, -0.05) is 55.4 Å². The van der Waals surface area contributed by atoms with E-state index in [1.54, 1.807) is 6.08 Å². The number of anilines is 1. The lowest BCUT2D eigenvalue weighted by molar-refractivity contribution is -0.140. The van der Waals surface area contributed by atoms with E-state index in [-0.39, 0.29) is 23.3 Å². The maximum atomic E-state index is 13.3. The first kappa shape index (κ1) is 20.8. The number of aliphatic imine (C=N–C) groups is 1. The summed E-state index contributed by atoms with van der Waals surface area (Å²) in [4.78, 5) is 30.7. The van der Waals surface area contributed by atoms with Crippen LogP contribution in [0.5, 0.6) is 0 Å². The van der Waals surface area contributed by atoms with E-state index in [1.165, 1.54) is 29.2 Å². The molecular formula is C22H21FN2O3S. The van der Waals surface area contributed by atoms with E-state index in [4.69, 9.17) is 4.74 Å². The number of nitrogens with zero attached hydrogens (tertiary/aromatic N) is 2. The molecule has 29 heavy (non-hydrogen) atoms.